The zero-order valence-electron chi connectivity index (χ0n) is 15.6. The Hall–Kier alpha value is -2.72. The van der Waals surface area contributed by atoms with Crippen LogP contribution in [-0.2, 0) is 4.79 Å². The third kappa shape index (κ3) is 4.07. The molecule has 1 aromatic heterocycles. The Kier molecular flexibility index (Phi) is 5.40. The molecule has 1 aromatic carbocycles. The van der Waals surface area contributed by atoms with E-state index < -0.39 is 12.2 Å². The van der Waals surface area contributed by atoms with Gasteiger partial charge in [0.05, 0.1) is 19.2 Å². The summed E-state index contributed by atoms with van der Waals surface area (Å²) in [6, 6.07) is 9.37. The number of fused-ring (bicyclic) bond motifs is 1. The molecule has 28 heavy (non-hydrogen) atoms. The molecule has 0 aliphatic carbocycles. The first-order chi connectivity index (χ1) is 13.6. The topological polar surface area (TPSA) is 69.5 Å². The molecule has 7 heteroatoms. The Labute approximate surface area is 163 Å². The van der Waals surface area contributed by atoms with Gasteiger partial charge in [0, 0.05) is 37.3 Å². The number of halogens is 1. The van der Waals surface area contributed by atoms with E-state index in [1.165, 1.54) is 4.90 Å². The summed E-state index contributed by atoms with van der Waals surface area (Å²) in [4.78, 5) is 20.0. The van der Waals surface area contributed by atoms with Gasteiger partial charge in [0.2, 0.25) is 5.91 Å². The van der Waals surface area contributed by atoms with E-state index in [2.05, 4.69) is 9.88 Å². The molecular weight excluding hydrogens is 359 g/mol. The maximum Gasteiger partial charge on any atom is 0.237 e. The first-order valence-electron chi connectivity index (χ1n) is 9.68. The molecule has 2 saturated heterocycles. The molecule has 0 saturated carbocycles. The number of piperidine rings is 1. The van der Waals surface area contributed by atoms with E-state index in [4.69, 9.17) is 10.00 Å². The number of benzene rings is 1. The van der Waals surface area contributed by atoms with Gasteiger partial charge in [-0.3, -0.25) is 14.7 Å². The largest absolute Gasteiger partial charge is 0.490 e. The highest BCUT2D eigenvalue weighted by molar-refractivity contribution is 5.82. The van der Waals surface area contributed by atoms with Crippen LogP contribution in [0.15, 0.2) is 36.7 Å². The normalized spacial score (nSPS) is 23.6. The Morgan fingerprint density at radius 1 is 1.29 bits per heavy atom. The quantitative estimate of drug-likeness (QED) is 0.813. The highest BCUT2D eigenvalue weighted by Crippen LogP contribution is 2.24. The van der Waals surface area contributed by atoms with Crippen molar-refractivity contribution >= 4 is 16.7 Å². The van der Waals surface area contributed by atoms with Gasteiger partial charge in [0.15, 0.2) is 0 Å². The molecule has 3 heterocycles. The lowest BCUT2D eigenvalue weighted by molar-refractivity contribution is -0.133. The molecule has 2 aliphatic heterocycles. The molecule has 0 N–H and O–H groups in total. The van der Waals surface area contributed by atoms with Crippen LogP contribution in [0.3, 0.4) is 0 Å². The van der Waals surface area contributed by atoms with Crippen molar-refractivity contribution in [1.29, 1.82) is 5.26 Å². The molecule has 1 unspecified atom stereocenters. The number of ether oxygens (including phenoxy) is 1. The smallest absolute Gasteiger partial charge is 0.237 e. The van der Waals surface area contributed by atoms with Crippen molar-refractivity contribution in [3.05, 3.63) is 36.7 Å². The van der Waals surface area contributed by atoms with Crippen molar-refractivity contribution in [3.8, 4) is 11.8 Å². The van der Waals surface area contributed by atoms with Crippen LogP contribution < -0.4 is 4.74 Å². The van der Waals surface area contributed by atoms with E-state index in [0.717, 1.165) is 42.5 Å². The number of rotatable bonds is 4. The van der Waals surface area contributed by atoms with Crippen LogP contribution in [-0.4, -0.2) is 65.2 Å². The summed E-state index contributed by atoms with van der Waals surface area (Å²) >= 11 is 0. The van der Waals surface area contributed by atoms with Gasteiger partial charge in [-0.05, 0) is 36.4 Å². The summed E-state index contributed by atoms with van der Waals surface area (Å²) in [5.41, 5.74) is 0. The Morgan fingerprint density at radius 3 is 2.89 bits per heavy atom. The van der Waals surface area contributed by atoms with Crippen molar-refractivity contribution in [2.75, 3.05) is 26.2 Å². The van der Waals surface area contributed by atoms with Crippen LogP contribution in [0.1, 0.15) is 19.3 Å². The van der Waals surface area contributed by atoms with Crippen LogP contribution in [0.25, 0.3) is 10.8 Å². The Morgan fingerprint density at radius 2 is 2.11 bits per heavy atom. The van der Waals surface area contributed by atoms with Crippen LogP contribution in [0.2, 0.25) is 0 Å². The average molecular weight is 382 g/mol. The highest BCUT2D eigenvalue weighted by atomic mass is 19.1. The molecule has 1 amide bonds. The second-order valence-corrected chi connectivity index (χ2v) is 7.50. The van der Waals surface area contributed by atoms with E-state index in [1.807, 2.05) is 36.5 Å². The molecule has 2 atom stereocenters. The Balaban J connectivity index is 1.28. The Bertz CT molecular complexity index is 891. The van der Waals surface area contributed by atoms with Crippen molar-refractivity contribution in [1.82, 2.24) is 14.8 Å². The predicted octanol–water partition coefficient (Wildman–Crippen LogP) is 2.54. The number of pyridine rings is 1. The number of alkyl halides is 1. The molecule has 6 nitrogen and oxygen atoms in total. The fourth-order valence-corrected chi connectivity index (χ4v) is 3.98. The second kappa shape index (κ2) is 8.11. The van der Waals surface area contributed by atoms with Crippen LogP contribution >= 0.6 is 0 Å². The van der Waals surface area contributed by atoms with E-state index in [-0.39, 0.29) is 31.5 Å². The van der Waals surface area contributed by atoms with Gasteiger partial charge in [-0.25, -0.2) is 4.39 Å². The number of carbonyl (C=O) groups excluding carboxylic acids is 1. The van der Waals surface area contributed by atoms with Gasteiger partial charge >= 0.3 is 0 Å². The minimum atomic E-state index is -1.09. The summed E-state index contributed by atoms with van der Waals surface area (Å²) in [5, 5.41) is 11.3. The number of nitrogens with zero attached hydrogens (tertiary/aromatic N) is 4. The molecule has 4 rings (SSSR count). The lowest BCUT2D eigenvalue weighted by atomic mass is 10.1. The van der Waals surface area contributed by atoms with Crippen molar-refractivity contribution in [2.24, 2.45) is 0 Å². The molecule has 2 aliphatic rings. The van der Waals surface area contributed by atoms with E-state index in [0.29, 0.717) is 0 Å². The van der Waals surface area contributed by atoms with Gasteiger partial charge in [-0.2, -0.15) is 5.26 Å². The summed E-state index contributed by atoms with van der Waals surface area (Å²) in [6.07, 6.45) is 4.39. The minimum Gasteiger partial charge on any atom is -0.490 e. The fraction of sp³-hybridized carbons (Fsp3) is 0.476. The SMILES string of the molecule is N#CC1C[C@H](F)CN1C(=O)CN1CCC(Oc2ccc3ccncc3c2)CC1. The van der Waals surface area contributed by atoms with E-state index in [9.17, 15) is 9.18 Å². The summed E-state index contributed by atoms with van der Waals surface area (Å²) < 4.78 is 19.6. The van der Waals surface area contributed by atoms with Gasteiger partial charge < -0.3 is 9.64 Å². The van der Waals surface area contributed by atoms with E-state index in [1.54, 1.807) is 6.20 Å². The monoisotopic (exact) mass is 382 g/mol. The number of aromatic nitrogens is 1. The van der Waals surface area contributed by atoms with Gasteiger partial charge in [-0.15, -0.1) is 0 Å². The zero-order valence-corrected chi connectivity index (χ0v) is 15.6. The number of likely N-dealkylation sites (tertiary alicyclic amines) is 2. The fourth-order valence-electron chi connectivity index (χ4n) is 3.98. The lowest BCUT2D eigenvalue weighted by Gasteiger charge is -2.33. The van der Waals surface area contributed by atoms with Crippen LogP contribution in [0.5, 0.6) is 5.75 Å². The number of nitriles is 1. The molecule has 0 spiro atoms. The summed E-state index contributed by atoms with van der Waals surface area (Å²) in [7, 11) is 0. The molecule has 0 radical (unpaired) electrons. The lowest BCUT2D eigenvalue weighted by Crippen LogP contribution is -2.46. The highest BCUT2D eigenvalue weighted by Gasteiger charge is 2.36. The van der Waals surface area contributed by atoms with Crippen molar-refractivity contribution in [2.45, 2.75) is 37.6 Å². The standard InChI is InChI=1S/C21H23FN4O2/c22-17-10-18(11-23)26(13-17)21(27)14-25-7-4-19(5-8-25)28-20-2-1-15-3-6-24-12-16(15)9-20/h1-3,6,9,12,17-19H,4-5,7-8,10,13-14H2/t17-,18?/m0/s1. The first-order valence-corrected chi connectivity index (χ1v) is 9.68. The summed E-state index contributed by atoms with van der Waals surface area (Å²) in [5.74, 6) is 0.672. The third-order valence-corrected chi connectivity index (χ3v) is 5.53. The maximum atomic E-state index is 13.5. The van der Waals surface area contributed by atoms with Gasteiger partial charge in [-0.1, -0.05) is 6.07 Å². The minimum absolute atomic E-state index is 0.0352. The van der Waals surface area contributed by atoms with Crippen LogP contribution in [0.4, 0.5) is 4.39 Å². The van der Waals surface area contributed by atoms with Crippen molar-refractivity contribution < 1.29 is 13.9 Å². The third-order valence-electron chi connectivity index (χ3n) is 5.53. The molecular formula is C21H23FN4O2. The van der Waals surface area contributed by atoms with Crippen LogP contribution in [0, 0.1) is 11.3 Å². The maximum absolute atomic E-state index is 13.5. The van der Waals surface area contributed by atoms with E-state index >= 15 is 0 Å². The number of carbonyl (C=O) groups is 1. The second-order valence-electron chi connectivity index (χ2n) is 7.50. The zero-order chi connectivity index (χ0) is 19.5. The first kappa shape index (κ1) is 18.6. The number of hydrogen-bond donors (Lipinski definition) is 0. The molecule has 0 bridgehead atoms. The van der Waals surface area contributed by atoms with Gasteiger partial charge in [0.1, 0.15) is 24.1 Å². The average Bonchev–Trinajstić information content (AvgIpc) is 3.10. The van der Waals surface area contributed by atoms with Crippen molar-refractivity contribution in [3.63, 3.8) is 0 Å². The van der Waals surface area contributed by atoms with Gasteiger partial charge in [0.25, 0.3) is 0 Å². The molecule has 2 fully saturated rings. The molecule has 2 aromatic rings. The predicted molar refractivity (Wildman–Crippen MR) is 102 cm³/mol. The number of amides is 1. The molecule has 146 valence electrons. The summed E-state index contributed by atoms with van der Waals surface area (Å²) in [6.45, 7) is 1.76. The number of hydrogen-bond acceptors (Lipinski definition) is 5.